The second-order valence-electron chi connectivity index (χ2n) is 11.1. The highest BCUT2D eigenvalue weighted by atomic mass is 35.5. The van der Waals surface area contributed by atoms with E-state index in [1.165, 1.54) is 50.1 Å². The first-order chi connectivity index (χ1) is 20.4. The first-order valence-corrected chi connectivity index (χ1v) is 14.8. The smallest absolute Gasteiger partial charge is 0.0476 e. The van der Waals surface area contributed by atoms with Gasteiger partial charge in [-0.2, -0.15) is 0 Å². The molecule has 0 fully saturated rings. The first-order valence-electron chi connectivity index (χ1n) is 14.4. The standard InChI is InChI=1S/C40H34ClN/c1-27-15-19-38(29(3)21-27)39-20-18-35(22-30(39)4)42(36-17-16-28(2)40(41)26-36)37-24-33(31-11-7-5-8-12-31)23-34(25-37)32-13-9-6-10-14-32/h5-26H,1-4H3. The summed E-state index contributed by atoms with van der Waals surface area (Å²) < 4.78 is 0. The third-order valence-corrected chi connectivity index (χ3v) is 8.35. The SMILES string of the molecule is Cc1ccc(-c2ccc(N(c3cc(-c4ccccc4)cc(-c4ccccc4)c3)c3ccc(C)c(Cl)c3)cc2C)c(C)c1. The third kappa shape index (κ3) is 5.62. The van der Waals surface area contributed by atoms with Crippen molar-refractivity contribution in [3.05, 3.63) is 161 Å². The molecule has 0 bridgehead atoms. The molecule has 42 heavy (non-hydrogen) atoms. The number of rotatable bonds is 6. The normalized spacial score (nSPS) is 11.0. The molecule has 0 spiro atoms. The largest absolute Gasteiger partial charge is 0.310 e. The molecule has 0 aliphatic heterocycles. The van der Waals surface area contributed by atoms with Crippen molar-refractivity contribution in [3.63, 3.8) is 0 Å². The number of halogens is 1. The number of hydrogen-bond acceptors (Lipinski definition) is 1. The quantitative estimate of drug-likeness (QED) is 0.195. The highest BCUT2D eigenvalue weighted by Gasteiger charge is 2.18. The van der Waals surface area contributed by atoms with Crippen LogP contribution in [-0.4, -0.2) is 0 Å². The van der Waals surface area contributed by atoms with E-state index in [0.717, 1.165) is 27.6 Å². The lowest BCUT2D eigenvalue weighted by molar-refractivity contribution is 1.26. The zero-order valence-corrected chi connectivity index (χ0v) is 25.3. The van der Waals surface area contributed by atoms with Gasteiger partial charge in [0.05, 0.1) is 0 Å². The van der Waals surface area contributed by atoms with Crippen molar-refractivity contribution in [1.29, 1.82) is 0 Å². The summed E-state index contributed by atoms with van der Waals surface area (Å²) in [6.45, 7) is 8.58. The second kappa shape index (κ2) is 11.7. The molecule has 0 atom stereocenters. The van der Waals surface area contributed by atoms with Crippen molar-refractivity contribution >= 4 is 28.7 Å². The second-order valence-corrected chi connectivity index (χ2v) is 11.5. The van der Waals surface area contributed by atoms with Gasteiger partial charge in [-0.15, -0.1) is 0 Å². The van der Waals surface area contributed by atoms with E-state index in [9.17, 15) is 0 Å². The van der Waals surface area contributed by atoms with E-state index in [-0.39, 0.29) is 0 Å². The van der Waals surface area contributed by atoms with Gasteiger partial charge in [0.2, 0.25) is 0 Å². The molecule has 0 aromatic heterocycles. The predicted molar refractivity (Wildman–Crippen MR) is 181 cm³/mol. The number of nitrogens with zero attached hydrogens (tertiary/aromatic N) is 1. The van der Waals surface area contributed by atoms with Crippen LogP contribution in [0.2, 0.25) is 5.02 Å². The summed E-state index contributed by atoms with van der Waals surface area (Å²) in [4.78, 5) is 2.32. The Kier molecular flexibility index (Phi) is 7.69. The minimum Gasteiger partial charge on any atom is -0.310 e. The van der Waals surface area contributed by atoms with Crippen LogP contribution in [0.4, 0.5) is 17.1 Å². The molecule has 0 saturated carbocycles. The van der Waals surface area contributed by atoms with Crippen molar-refractivity contribution in [2.24, 2.45) is 0 Å². The average molecular weight is 564 g/mol. The lowest BCUT2D eigenvalue weighted by atomic mass is 9.94. The van der Waals surface area contributed by atoms with Crippen LogP contribution in [0, 0.1) is 27.7 Å². The molecule has 6 aromatic carbocycles. The highest BCUT2D eigenvalue weighted by Crippen LogP contribution is 2.42. The Bertz CT molecular complexity index is 1810. The van der Waals surface area contributed by atoms with Crippen molar-refractivity contribution in [2.45, 2.75) is 27.7 Å². The zero-order chi connectivity index (χ0) is 29.2. The molecule has 0 saturated heterocycles. The van der Waals surface area contributed by atoms with Crippen LogP contribution in [0.25, 0.3) is 33.4 Å². The minimum atomic E-state index is 0.753. The molecular weight excluding hydrogens is 530 g/mol. The Labute approximate surface area is 254 Å². The summed E-state index contributed by atoms with van der Waals surface area (Å²) in [6, 6.07) is 47.8. The Morgan fingerprint density at radius 3 is 1.48 bits per heavy atom. The van der Waals surface area contributed by atoms with Crippen LogP contribution in [-0.2, 0) is 0 Å². The molecule has 0 radical (unpaired) electrons. The molecular formula is C40H34ClN. The highest BCUT2D eigenvalue weighted by molar-refractivity contribution is 6.31. The van der Waals surface area contributed by atoms with Crippen LogP contribution in [0.15, 0.2) is 133 Å². The number of aryl methyl sites for hydroxylation is 4. The van der Waals surface area contributed by atoms with E-state index in [1.54, 1.807) is 0 Å². The summed E-state index contributed by atoms with van der Waals surface area (Å²) in [7, 11) is 0. The maximum Gasteiger partial charge on any atom is 0.0476 e. The van der Waals surface area contributed by atoms with Gasteiger partial charge in [-0.3, -0.25) is 0 Å². The Hall–Kier alpha value is -4.59. The van der Waals surface area contributed by atoms with Crippen LogP contribution in [0.1, 0.15) is 22.3 Å². The van der Waals surface area contributed by atoms with E-state index in [0.29, 0.717) is 0 Å². The van der Waals surface area contributed by atoms with Gasteiger partial charge in [-0.25, -0.2) is 0 Å². The fourth-order valence-electron chi connectivity index (χ4n) is 5.71. The van der Waals surface area contributed by atoms with E-state index in [2.05, 4.69) is 159 Å². The van der Waals surface area contributed by atoms with Gasteiger partial charge in [0.25, 0.3) is 0 Å². The fourth-order valence-corrected chi connectivity index (χ4v) is 5.88. The van der Waals surface area contributed by atoms with Gasteiger partial charge >= 0.3 is 0 Å². The summed E-state index contributed by atoms with van der Waals surface area (Å²) in [5.74, 6) is 0. The predicted octanol–water partition coefficient (Wildman–Crippen LogP) is 12.0. The number of hydrogen-bond donors (Lipinski definition) is 0. The van der Waals surface area contributed by atoms with E-state index >= 15 is 0 Å². The molecule has 0 heterocycles. The summed E-state index contributed by atoms with van der Waals surface area (Å²) in [6.07, 6.45) is 0. The topological polar surface area (TPSA) is 3.24 Å². The molecule has 2 heteroatoms. The van der Waals surface area contributed by atoms with Crippen molar-refractivity contribution < 1.29 is 0 Å². The molecule has 206 valence electrons. The lowest BCUT2D eigenvalue weighted by Gasteiger charge is -2.28. The van der Waals surface area contributed by atoms with Gasteiger partial charge in [-0.05, 0) is 120 Å². The maximum atomic E-state index is 6.73. The van der Waals surface area contributed by atoms with Crippen LogP contribution >= 0.6 is 11.6 Å². The van der Waals surface area contributed by atoms with Gasteiger partial charge in [0.15, 0.2) is 0 Å². The number of anilines is 3. The zero-order valence-electron chi connectivity index (χ0n) is 24.5. The maximum absolute atomic E-state index is 6.73. The van der Waals surface area contributed by atoms with Crippen LogP contribution < -0.4 is 4.90 Å². The van der Waals surface area contributed by atoms with Gasteiger partial charge in [0, 0.05) is 22.1 Å². The van der Waals surface area contributed by atoms with E-state index < -0.39 is 0 Å². The lowest BCUT2D eigenvalue weighted by Crippen LogP contribution is -2.11. The summed E-state index contributed by atoms with van der Waals surface area (Å²) in [5, 5.41) is 0.753. The Balaban J connectivity index is 1.56. The summed E-state index contributed by atoms with van der Waals surface area (Å²) in [5.41, 5.74) is 15.3. The van der Waals surface area contributed by atoms with Gasteiger partial charge in [-0.1, -0.05) is 108 Å². The van der Waals surface area contributed by atoms with Gasteiger partial charge in [0.1, 0.15) is 0 Å². The monoisotopic (exact) mass is 563 g/mol. The van der Waals surface area contributed by atoms with Crippen LogP contribution in [0.3, 0.4) is 0 Å². The molecule has 0 N–H and O–H groups in total. The van der Waals surface area contributed by atoms with Crippen LogP contribution in [0.5, 0.6) is 0 Å². The first kappa shape index (κ1) is 27.6. The molecule has 1 nitrogen and oxygen atoms in total. The third-order valence-electron chi connectivity index (χ3n) is 7.94. The Morgan fingerprint density at radius 2 is 0.929 bits per heavy atom. The van der Waals surface area contributed by atoms with Crippen molar-refractivity contribution in [2.75, 3.05) is 4.90 Å². The van der Waals surface area contributed by atoms with Crippen molar-refractivity contribution in [1.82, 2.24) is 0 Å². The minimum absolute atomic E-state index is 0.753. The molecule has 0 aliphatic rings. The fraction of sp³-hybridized carbons (Fsp3) is 0.100. The molecule has 6 aromatic rings. The number of benzene rings is 6. The van der Waals surface area contributed by atoms with Gasteiger partial charge < -0.3 is 4.90 Å². The molecule has 6 rings (SSSR count). The van der Waals surface area contributed by atoms with E-state index in [4.69, 9.17) is 11.6 Å². The molecule has 0 unspecified atom stereocenters. The molecule has 0 amide bonds. The van der Waals surface area contributed by atoms with E-state index in [1.807, 2.05) is 6.92 Å². The Morgan fingerprint density at radius 1 is 0.405 bits per heavy atom. The summed E-state index contributed by atoms with van der Waals surface area (Å²) >= 11 is 6.73. The molecule has 0 aliphatic carbocycles. The average Bonchev–Trinajstić information content (AvgIpc) is 3.00. The van der Waals surface area contributed by atoms with Crippen molar-refractivity contribution in [3.8, 4) is 33.4 Å².